The first-order valence-corrected chi connectivity index (χ1v) is 9.65. The summed E-state index contributed by atoms with van der Waals surface area (Å²) >= 11 is 0. The molecule has 1 aromatic rings. The number of aromatic nitrogens is 2. The van der Waals surface area contributed by atoms with E-state index in [4.69, 9.17) is 4.74 Å². The lowest BCUT2D eigenvalue weighted by atomic mass is 10.2. The molecule has 2 rings (SSSR count). The molecule has 2 N–H and O–H groups in total. The zero-order valence-corrected chi connectivity index (χ0v) is 17.4. The van der Waals surface area contributed by atoms with Crippen molar-refractivity contribution < 1.29 is 23.7 Å². The maximum absolute atomic E-state index is 12.6. The fourth-order valence-electron chi connectivity index (χ4n) is 3.05. The van der Waals surface area contributed by atoms with Gasteiger partial charge in [-0.05, 0) is 40.5 Å². The number of aryl methyl sites for hydroxylation is 1. The summed E-state index contributed by atoms with van der Waals surface area (Å²) in [5.41, 5.74) is -0.620. The molecule has 1 fully saturated rings. The predicted octanol–water partition coefficient (Wildman–Crippen LogP) is 0.333. The maximum Gasteiger partial charge on any atom is 0.410 e. The van der Waals surface area contributed by atoms with Crippen molar-refractivity contribution in [2.75, 3.05) is 13.1 Å². The van der Waals surface area contributed by atoms with Gasteiger partial charge in [0.05, 0.1) is 13.6 Å². The van der Waals surface area contributed by atoms with E-state index in [1.165, 1.54) is 4.90 Å². The molecule has 2 heterocycles. The average molecular weight is 394 g/mol. The number of amides is 3. The van der Waals surface area contributed by atoms with Gasteiger partial charge in [0.25, 0.3) is 0 Å². The third kappa shape index (κ3) is 6.24. The summed E-state index contributed by atoms with van der Waals surface area (Å²) in [7, 11) is 1.93. The number of nitrogens with zero attached hydrogens (tertiary/aromatic N) is 3. The van der Waals surface area contributed by atoms with Crippen LogP contribution >= 0.6 is 0 Å². The largest absolute Gasteiger partial charge is 0.444 e. The van der Waals surface area contributed by atoms with Gasteiger partial charge in [0.2, 0.25) is 18.1 Å². The summed E-state index contributed by atoms with van der Waals surface area (Å²) in [6.07, 6.45) is 6.55. The second kappa shape index (κ2) is 9.07. The molecule has 0 radical (unpaired) electrons. The first-order chi connectivity index (χ1) is 13.1. The van der Waals surface area contributed by atoms with E-state index >= 15 is 0 Å². The zero-order valence-electron chi connectivity index (χ0n) is 17.4. The molecule has 2 unspecified atom stereocenters. The molecule has 2 atom stereocenters. The van der Waals surface area contributed by atoms with Gasteiger partial charge in [-0.3, -0.25) is 14.5 Å². The minimum Gasteiger partial charge on any atom is -0.444 e. The Morgan fingerprint density at radius 1 is 1.32 bits per heavy atom. The lowest BCUT2D eigenvalue weighted by Gasteiger charge is -2.28. The van der Waals surface area contributed by atoms with E-state index in [0.29, 0.717) is 26.1 Å². The molecular weight excluding hydrogens is 362 g/mol. The quantitative estimate of drug-likeness (QED) is 0.680. The number of carbonyl (C=O) groups is 3. The Balaban J connectivity index is 1.81. The van der Waals surface area contributed by atoms with Gasteiger partial charge >= 0.3 is 6.09 Å². The second-order valence-electron chi connectivity index (χ2n) is 8.17. The van der Waals surface area contributed by atoms with Crippen LogP contribution in [0.2, 0.25) is 0 Å². The molecule has 0 saturated carbocycles. The maximum atomic E-state index is 12.6. The number of hydrogen-bond donors (Lipinski definition) is 2. The molecule has 9 nitrogen and oxygen atoms in total. The minimum absolute atomic E-state index is 0.258. The van der Waals surface area contributed by atoms with Crippen LogP contribution in [0.4, 0.5) is 4.79 Å². The number of ether oxygens (including phenoxy) is 1. The van der Waals surface area contributed by atoms with E-state index in [0.717, 1.165) is 6.42 Å². The summed E-state index contributed by atoms with van der Waals surface area (Å²) in [5.74, 6) is -0.588. The molecule has 1 aliphatic heterocycles. The number of nitrogens with one attached hydrogen (secondary N) is 2. The van der Waals surface area contributed by atoms with Crippen LogP contribution < -0.4 is 15.2 Å². The highest BCUT2D eigenvalue weighted by atomic mass is 16.6. The average Bonchev–Trinajstić information content (AvgIpc) is 3.22. The third-order valence-corrected chi connectivity index (χ3v) is 4.43. The molecule has 3 amide bonds. The smallest absolute Gasteiger partial charge is 0.410 e. The molecule has 0 bridgehead atoms. The number of carbonyl (C=O) groups excluding carboxylic acids is 3. The van der Waals surface area contributed by atoms with Gasteiger partial charge in [-0.1, -0.05) is 0 Å². The molecule has 0 aliphatic carbocycles. The van der Waals surface area contributed by atoms with Crippen molar-refractivity contribution in [3.63, 3.8) is 0 Å². The van der Waals surface area contributed by atoms with Crippen LogP contribution in [-0.4, -0.2) is 58.1 Å². The molecule has 1 aromatic heterocycles. The summed E-state index contributed by atoms with van der Waals surface area (Å²) in [5, 5.41) is 5.52. The highest BCUT2D eigenvalue weighted by Crippen LogP contribution is 2.21. The van der Waals surface area contributed by atoms with E-state index in [1.807, 2.05) is 34.9 Å². The second-order valence-corrected chi connectivity index (χ2v) is 8.17. The van der Waals surface area contributed by atoms with Crippen LogP contribution in [0.3, 0.4) is 0 Å². The van der Waals surface area contributed by atoms with E-state index in [1.54, 1.807) is 27.7 Å². The van der Waals surface area contributed by atoms with Crippen LogP contribution in [0, 0.1) is 0 Å². The van der Waals surface area contributed by atoms with Crippen molar-refractivity contribution >= 4 is 17.9 Å². The fourth-order valence-corrected chi connectivity index (χ4v) is 3.05. The lowest BCUT2D eigenvalue weighted by molar-refractivity contribution is -0.671. The van der Waals surface area contributed by atoms with Gasteiger partial charge in [0.15, 0.2) is 0 Å². The summed E-state index contributed by atoms with van der Waals surface area (Å²) in [6, 6.07) is -1.29. The highest BCUT2D eigenvalue weighted by molar-refractivity contribution is 5.91. The predicted molar refractivity (Wildman–Crippen MR) is 102 cm³/mol. The lowest BCUT2D eigenvalue weighted by Crippen LogP contribution is -2.52. The van der Waals surface area contributed by atoms with Gasteiger partial charge in [0.1, 0.15) is 36.6 Å². The molecule has 9 heteroatoms. The fraction of sp³-hybridized carbons (Fsp3) is 0.684. The molecule has 0 spiro atoms. The van der Waals surface area contributed by atoms with E-state index < -0.39 is 23.8 Å². The highest BCUT2D eigenvalue weighted by Gasteiger charge is 2.37. The van der Waals surface area contributed by atoms with Crippen molar-refractivity contribution in [3.8, 4) is 0 Å². The summed E-state index contributed by atoms with van der Waals surface area (Å²) in [6.45, 7) is 8.57. The monoisotopic (exact) mass is 394 g/mol. The van der Waals surface area contributed by atoms with Crippen molar-refractivity contribution in [3.05, 3.63) is 18.7 Å². The first kappa shape index (κ1) is 21.7. The molecule has 156 valence electrons. The van der Waals surface area contributed by atoms with Crippen molar-refractivity contribution in [1.82, 2.24) is 20.1 Å². The van der Waals surface area contributed by atoms with Crippen LogP contribution in [0.1, 0.15) is 40.5 Å². The third-order valence-electron chi connectivity index (χ3n) is 4.43. The summed E-state index contributed by atoms with van der Waals surface area (Å²) in [4.78, 5) is 38.6. The Kier molecular flexibility index (Phi) is 7.04. The molecule has 1 saturated heterocycles. The Morgan fingerprint density at radius 3 is 2.64 bits per heavy atom. The van der Waals surface area contributed by atoms with Crippen molar-refractivity contribution in [2.45, 2.75) is 64.8 Å². The van der Waals surface area contributed by atoms with Gasteiger partial charge in [-0.15, -0.1) is 0 Å². The van der Waals surface area contributed by atoms with Crippen molar-refractivity contribution in [1.29, 1.82) is 0 Å². The Hall–Kier alpha value is -2.58. The Bertz CT molecular complexity index is 709. The van der Waals surface area contributed by atoms with Crippen LogP contribution in [0.25, 0.3) is 0 Å². The Labute approximate surface area is 166 Å². The standard InChI is InChI=1S/C19H31N5O4/c1-14(16(25)20-8-10-23-12-11-22(5)13-23)21-17(26)15-7-6-9-24(15)18(27)28-19(2,3)4/h11-15H,6-10H2,1-5H3,(H-,20,21,25,26)/p+1. The van der Waals surface area contributed by atoms with E-state index in [-0.39, 0.29) is 11.8 Å². The Morgan fingerprint density at radius 2 is 2.04 bits per heavy atom. The number of likely N-dealkylation sites (tertiary alicyclic amines) is 1. The topological polar surface area (TPSA) is 96.6 Å². The molecular formula is C19H32N5O4+. The number of imidazole rings is 1. The normalized spacial score (nSPS) is 17.9. The molecule has 28 heavy (non-hydrogen) atoms. The van der Waals surface area contributed by atoms with Gasteiger partial charge in [-0.25, -0.2) is 13.9 Å². The molecule has 0 aromatic carbocycles. The van der Waals surface area contributed by atoms with Gasteiger partial charge in [-0.2, -0.15) is 0 Å². The minimum atomic E-state index is -0.686. The SMILES string of the molecule is CC(NC(=O)C1CCCN1C(=O)OC(C)(C)C)C(=O)NCCn1cc[n+](C)c1. The van der Waals surface area contributed by atoms with E-state index in [2.05, 4.69) is 10.6 Å². The summed E-state index contributed by atoms with van der Waals surface area (Å²) < 4.78 is 9.25. The number of rotatable bonds is 6. The van der Waals surface area contributed by atoms with Crippen LogP contribution in [0.15, 0.2) is 18.7 Å². The zero-order chi connectivity index (χ0) is 20.9. The van der Waals surface area contributed by atoms with Crippen LogP contribution in [0.5, 0.6) is 0 Å². The van der Waals surface area contributed by atoms with Gasteiger partial charge in [0, 0.05) is 6.54 Å². The van der Waals surface area contributed by atoms with Crippen LogP contribution in [-0.2, 0) is 27.9 Å². The first-order valence-electron chi connectivity index (χ1n) is 9.65. The van der Waals surface area contributed by atoms with E-state index in [9.17, 15) is 14.4 Å². The number of hydrogen-bond acceptors (Lipinski definition) is 4. The van der Waals surface area contributed by atoms with Gasteiger partial charge < -0.3 is 15.4 Å². The van der Waals surface area contributed by atoms with Crippen molar-refractivity contribution in [2.24, 2.45) is 7.05 Å². The molecule has 1 aliphatic rings.